The van der Waals surface area contributed by atoms with Gasteiger partial charge in [0.2, 0.25) is 5.95 Å². The monoisotopic (exact) mass is 539 g/mol. The molecule has 1 aliphatic heterocycles. The second-order valence-electron chi connectivity index (χ2n) is 10.4. The third-order valence-corrected chi connectivity index (χ3v) is 7.72. The molecule has 0 spiro atoms. The molecule has 1 aliphatic rings. The number of rotatable bonds is 4. The van der Waals surface area contributed by atoms with Gasteiger partial charge < -0.3 is 4.90 Å². The normalized spacial score (nSPS) is 14.5. The topological polar surface area (TPSA) is 29.0 Å². The van der Waals surface area contributed by atoms with E-state index in [2.05, 4.69) is 139 Å². The van der Waals surface area contributed by atoms with Crippen molar-refractivity contribution in [1.29, 1.82) is 0 Å². The van der Waals surface area contributed by atoms with Crippen LogP contribution in [0.5, 0.6) is 0 Å². The predicted molar refractivity (Wildman–Crippen MR) is 177 cm³/mol. The molecular weight excluding hydrogens is 510 g/mol. The van der Waals surface area contributed by atoms with E-state index in [1.54, 1.807) is 0 Å². The molecule has 0 radical (unpaired) electrons. The number of benzene rings is 5. The van der Waals surface area contributed by atoms with Crippen LogP contribution in [-0.4, -0.2) is 16.5 Å². The van der Waals surface area contributed by atoms with Gasteiger partial charge in [-0.05, 0) is 45.3 Å². The Kier molecular flexibility index (Phi) is 6.75. The van der Waals surface area contributed by atoms with Crippen LogP contribution in [0.25, 0.3) is 49.9 Å². The van der Waals surface area contributed by atoms with E-state index in [-0.39, 0.29) is 0 Å². The predicted octanol–water partition coefficient (Wildman–Crippen LogP) is 9.91. The van der Waals surface area contributed by atoms with Gasteiger partial charge in [-0.15, -0.1) is 0 Å². The summed E-state index contributed by atoms with van der Waals surface area (Å²) in [5.74, 6) is 0.657. The third kappa shape index (κ3) is 4.93. The first kappa shape index (κ1) is 25.4. The van der Waals surface area contributed by atoms with E-state index in [4.69, 9.17) is 9.97 Å². The molecule has 5 aromatic carbocycles. The summed E-state index contributed by atoms with van der Waals surface area (Å²) in [6.07, 6.45) is 10.1. The van der Waals surface area contributed by atoms with Gasteiger partial charge in [-0.1, -0.05) is 140 Å². The van der Waals surface area contributed by atoms with E-state index in [0.717, 1.165) is 33.5 Å². The van der Waals surface area contributed by atoms with Crippen molar-refractivity contribution in [3.05, 3.63) is 164 Å². The number of aromatic nitrogens is 2. The van der Waals surface area contributed by atoms with Crippen LogP contribution < -0.4 is 4.90 Å². The third-order valence-electron chi connectivity index (χ3n) is 7.72. The van der Waals surface area contributed by atoms with Gasteiger partial charge >= 0.3 is 0 Å². The Hall–Kier alpha value is -5.54. The van der Waals surface area contributed by atoms with Gasteiger partial charge in [0.1, 0.15) is 0 Å². The molecule has 3 nitrogen and oxygen atoms in total. The molecule has 0 N–H and O–H groups in total. The number of anilines is 2. The average Bonchev–Trinajstić information content (AvgIpc) is 3.14. The Labute approximate surface area is 246 Å². The summed E-state index contributed by atoms with van der Waals surface area (Å²) >= 11 is 0. The van der Waals surface area contributed by atoms with E-state index in [1.807, 2.05) is 24.4 Å². The van der Waals surface area contributed by atoms with Crippen molar-refractivity contribution in [3.63, 3.8) is 0 Å². The van der Waals surface area contributed by atoms with Crippen LogP contribution in [0, 0.1) is 0 Å². The van der Waals surface area contributed by atoms with Crippen molar-refractivity contribution < 1.29 is 0 Å². The maximum Gasteiger partial charge on any atom is 0.230 e. The van der Waals surface area contributed by atoms with Crippen LogP contribution >= 0.6 is 0 Å². The molecular formula is C39H29N3. The van der Waals surface area contributed by atoms with Crippen molar-refractivity contribution in [3.8, 4) is 33.5 Å². The molecule has 0 atom stereocenters. The van der Waals surface area contributed by atoms with Gasteiger partial charge in [-0.2, -0.15) is 0 Å². The number of nitrogens with zero attached hydrogens (tertiary/aromatic N) is 3. The standard InChI is InChI=1S/C39H29N3/c1-28-11-4-3-9-26-42(38-35(28)23-22-31-14-7-8-17-36(31)38)39-40-25-24-37(41-39)32-20-18-30(19-21-32)34-16-10-15-33(27-34)29-12-5-2-6-13-29/h2-25,27H,1,26H2/b9-3-,11-4-. The molecule has 0 aliphatic carbocycles. The Morgan fingerprint density at radius 1 is 0.619 bits per heavy atom. The molecule has 42 heavy (non-hydrogen) atoms. The molecule has 0 saturated carbocycles. The molecule has 1 aromatic heterocycles. The zero-order valence-electron chi connectivity index (χ0n) is 23.2. The average molecular weight is 540 g/mol. The quantitative estimate of drug-likeness (QED) is 0.223. The molecule has 0 fully saturated rings. The highest BCUT2D eigenvalue weighted by atomic mass is 15.3. The van der Waals surface area contributed by atoms with Gasteiger partial charge in [0.25, 0.3) is 0 Å². The molecule has 3 heteroatoms. The molecule has 0 unspecified atom stereocenters. The Morgan fingerprint density at radius 3 is 2.17 bits per heavy atom. The number of fused-ring (bicyclic) bond motifs is 3. The fourth-order valence-electron chi connectivity index (χ4n) is 5.57. The van der Waals surface area contributed by atoms with Crippen molar-refractivity contribution >= 4 is 28.0 Å². The van der Waals surface area contributed by atoms with Gasteiger partial charge in [0.15, 0.2) is 0 Å². The van der Waals surface area contributed by atoms with Crippen molar-refractivity contribution in [2.75, 3.05) is 11.4 Å². The molecule has 200 valence electrons. The summed E-state index contributed by atoms with van der Waals surface area (Å²) in [4.78, 5) is 12.0. The number of hydrogen-bond donors (Lipinski definition) is 0. The minimum atomic E-state index is 0.638. The Morgan fingerprint density at radius 2 is 1.33 bits per heavy atom. The summed E-state index contributed by atoms with van der Waals surface area (Å²) in [7, 11) is 0. The lowest BCUT2D eigenvalue weighted by molar-refractivity contribution is 0.994. The highest BCUT2D eigenvalue weighted by Crippen LogP contribution is 2.39. The molecule has 7 rings (SSSR count). The van der Waals surface area contributed by atoms with Crippen LogP contribution in [0.1, 0.15) is 5.56 Å². The Balaban J connectivity index is 1.26. The zero-order chi connectivity index (χ0) is 28.3. The van der Waals surface area contributed by atoms with E-state index in [1.165, 1.54) is 27.6 Å². The first-order valence-corrected chi connectivity index (χ1v) is 14.2. The number of hydrogen-bond acceptors (Lipinski definition) is 3. The van der Waals surface area contributed by atoms with Crippen LogP contribution in [-0.2, 0) is 0 Å². The fourth-order valence-corrected chi connectivity index (χ4v) is 5.57. The van der Waals surface area contributed by atoms with Crippen LogP contribution in [0.2, 0.25) is 0 Å². The molecule has 0 amide bonds. The van der Waals surface area contributed by atoms with E-state index in [0.29, 0.717) is 12.5 Å². The summed E-state index contributed by atoms with van der Waals surface area (Å²) in [5, 5.41) is 2.32. The highest BCUT2D eigenvalue weighted by Gasteiger charge is 2.20. The molecule has 0 bridgehead atoms. The summed E-state index contributed by atoms with van der Waals surface area (Å²) < 4.78 is 0. The lowest BCUT2D eigenvalue weighted by Crippen LogP contribution is -2.21. The van der Waals surface area contributed by atoms with E-state index in [9.17, 15) is 0 Å². The van der Waals surface area contributed by atoms with Gasteiger partial charge in [-0.3, -0.25) is 0 Å². The largest absolute Gasteiger partial charge is 0.305 e. The minimum absolute atomic E-state index is 0.638. The van der Waals surface area contributed by atoms with E-state index < -0.39 is 0 Å². The van der Waals surface area contributed by atoms with Crippen molar-refractivity contribution in [2.45, 2.75) is 0 Å². The molecule has 6 aromatic rings. The van der Waals surface area contributed by atoms with Crippen LogP contribution in [0.15, 0.2) is 158 Å². The van der Waals surface area contributed by atoms with Crippen LogP contribution in [0.4, 0.5) is 11.6 Å². The smallest absolute Gasteiger partial charge is 0.230 e. The first-order chi connectivity index (χ1) is 20.7. The minimum Gasteiger partial charge on any atom is -0.305 e. The summed E-state index contributed by atoms with van der Waals surface area (Å²) in [5.41, 5.74) is 9.81. The Bertz CT molecular complexity index is 1970. The van der Waals surface area contributed by atoms with E-state index >= 15 is 0 Å². The summed E-state index contributed by atoms with van der Waals surface area (Å²) in [6.45, 7) is 5.00. The SMILES string of the molecule is C=C1/C=C\C=C/CN(c2nccc(-c3ccc(-c4cccc(-c5ccccc5)c4)cc3)n2)c2c1ccc1ccccc21. The van der Waals surface area contributed by atoms with Crippen LogP contribution in [0.3, 0.4) is 0 Å². The lowest BCUT2D eigenvalue weighted by atomic mass is 9.98. The number of allylic oxidation sites excluding steroid dienone is 4. The second-order valence-corrected chi connectivity index (χ2v) is 10.4. The van der Waals surface area contributed by atoms with Gasteiger partial charge in [0, 0.05) is 29.3 Å². The summed E-state index contributed by atoms with van der Waals surface area (Å²) in [6, 6.07) is 42.5. The fraction of sp³-hybridized carbons (Fsp3) is 0.0256. The lowest BCUT2D eigenvalue weighted by Gasteiger charge is -2.26. The second kappa shape index (κ2) is 11.1. The molecule has 2 heterocycles. The maximum absolute atomic E-state index is 5.09. The van der Waals surface area contributed by atoms with Gasteiger partial charge in [0.05, 0.1) is 11.4 Å². The zero-order valence-corrected chi connectivity index (χ0v) is 23.2. The van der Waals surface area contributed by atoms with Crippen molar-refractivity contribution in [1.82, 2.24) is 9.97 Å². The highest BCUT2D eigenvalue weighted by molar-refractivity contribution is 6.02. The maximum atomic E-state index is 5.09. The molecule has 0 saturated heterocycles. The first-order valence-electron chi connectivity index (χ1n) is 14.2. The van der Waals surface area contributed by atoms with Gasteiger partial charge in [-0.25, -0.2) is 9.97 Å². The van der Waals surface area contributed by atoms with Crippen molar-refractivity contribution in [2.24, 2.45) is 0 Å².